The lowest BCUT2D eigenvalue weighted by Crippen LogP contribution is -2.42. The molecule has 1 aromatic rings. The van der Waals surface area contributed by atoms with Gasteiger partial charge in [0, 0.05) is 23.9 Å². The maximum absolute atomic E-state index is 5.79. The summed E-state index contributed by atoms with van der Waals surface area (Å²) in [6, 6.07) is 0. The number of rotatable bonds is 3. The van der Waals surface area contributed by atoms with E-state index in [2.05, 4.69) is 16.9 Å². The van der Waals surface area contributed by atoms with Crippen LogP contribution in [0.1, 0.15) is 37.7 Å². The maximum atomic E-state index is 5.79. The molecule has 0 saturated heterocycles. The van der Waals surface area contributed by atoms with Gasteiger partial charge in [-0.2, -0.15) is 0 Å². The Hall–Kier alpha value is -0.830. The Morgan fingerprint density at radius 3 is 2.77 bits per heavy atom. The van der Waals surface area contributed by atoms with E-state index in [9.17, 15) is 0 Å². The van der Waals surface area contributed by atoms with Crippen molar-refractivity contribution in [2.45, 2.75) is 38.0 Å². The Bertz CT molecular complexity index is 281. The van der Waals surface area contributed by atoms with Crippen LogP contribution in [0.4, 0.5) is 0 Å². The van der Waals surface area contributed by atoms with Gasteiger partial charge in [-0.05, 0) is 19.3 Å². The second kappa shape index (κ2) is 3.14. The number of nitrogens with one attached hydrogen (secondary N) is 1. The lowest BCUT2D eigenvalue weighted by Gasteiger charge is -2.39. The van der Waals surface area contributed by atoms with Crippen molar-refractivity contribution in [1.29, 1.82) is 0 Å². The number of hydrogen-bond donors (Lipinski definition) is 2. The van der Waals surface area contributed by atoms with E-state index in [-0.39, 0.29) is 5.41 Å². The molecule has 0 spiro atoms. The highest BCUT2D eigenvalue weighted by molar-refractivity contribution is 5.16. The SMILES string of the molecule is CCc1cnc(C2(CN)CCC2)[nH]1. The molecule has 3 N–H and O–H groups in total. The first-order chi connectivity index (χ1) is 6.30. The number of aromatic amines is 1. The highest BCUT2D eigenvalue weighted by Crippen LogP contribution is 2.41. The molecule has 13 heavy (non-hydrogen) atoms. The Morgan fingerprint density at radius 2 is 2.38 bits per heavy atom. The Labute approximate surface area is 78.7 Å². The van der Waals surface area contributed by atoms with Crippen LogP contribution in [0.15, 0.2) is 6.20 Å². The molecule has 1 aliphatic carbocycles. The zero-order valence-electron chi connectivity index (χ0n) is 8.14. The summed E-state index contributed by atoms with van der Waals surface area (Å²) in [5, 5.41) is 0. The molecule has 1 aromatic heterocycles. The molecule has 0 aliphatic heterocycles. The predicted octanol–water partition coefficient (Wildman–Crippen LogP) is 1.35. The van der Waals surface area contributed by atoms with Gasteiger partial charge < -0.3 is 10.7 Å². The third kappa shape index (κ3) is 1.27. The number of H-pyrrole nitrogens is 1. The third-order valence-corrected chi connectivity index (χ3v) is 3.21. The molecule has 1 heterocycles. The number of aryl methyl sites for hydroxylation is 1. The van der Waals surface area contributed by atoms with E-state index in [1.54, 1.807) is 0 Å². The fourth-order valence-electron chi connectivity index (χ4n) is 1.95. The molecule has 0 atom stereocenters. The van der Waals surface area contributed by atoms with Crippen LogP contribution in [-0.4, -0.2) is 16.5 Å². The van der Waals surface area contributed by atoms with Crippen molar-refractivity contribution in [3.63, 3.8) is 0 Å². The number of aromatic nitrogens is 2. The monoisotopic (exact) mass is 179 g/mol. The van der Waals surface area contributed by atoms with Crippen LogP contribution in [0.2, 0.25) is 0 Å². The van der Waals surface area contributed by atoms with Gasteiger partial charge in [0.05, 0.1) is 0 Å². The zero-order chi connectivity index (χ0) is 9.31. The minimum atomic E-state index is 0.188. The number of nitrogens with two attached hydrogens (primary N) is 1. The summed E-state index contributed by atoms with van der Waals surface area (Å²) in [7, 11) is 0. The topological polar surface area (TPSA) is 54.7 Å². The first kappa shape index (κ1) is 8.75. The second-order valence-electron chi connectivity index (χ2n) is 3.95. The molecule has 0 radical (unpaired) electrons. The lowest BCUT2D eigenvalue weighted by molar-refractivity contribution is 0.239. The molecule has 0 bridgehead atoms. The van der Waals surface area contributed by atoms with E-state index in [1.807, 2.05) is 6.20 Å². The normalized spacial score (nSPS) is 19.8. The number of nitrogens with zero attached hydrogens (tertiary/aromatic N) is 1. The van der Waals surface area contributed by atoms with Crippen molar-refractivity contribution in [1.82, 2.24) is 9.97 Å². The zero-order valence-corrected chi connectivity index (χ0v) is 8.14. The van der Waals surface area contributed by atoms with E-state index in [1.165, 1.54) is 25.0 Å². The van der Waals surface area contributed by atoms with E-state index >= 15 is 0 Å². The summed E-state index contributed by atoms with van der Waals surface area (Å²) in [4.78, 5) is 7.78. The molecule has 0 aromatic carbocycles. The molecule has 1 saturated carbocycles. The van der Waals surface area contributed by atoms with Crippen LogP contribution in [0.5, 0.6) is 0 Å². The first-order valence-corrected chi connectivity index (χ1v) is 5.05. The van der Waals surface area contributed by atoms with Crippen molar-refractivity contribution in [3.05, 3.63) is 17.7 Å². The minimum Gasteiger partial charge on any atom is -0.345 e. The molecule has 2 rings (SSSR count). The van der Waals surface area contributed by atoms with Gasteiger partial charge in [-0.15, -0.1) is 0 Å². The first-order valence-electron chi connectivity index (χ1n) is 5.05. The van der Waals surface area contributed by atoms with Crippen LogP contribution in [0.25, 0.3) is 0 Å². The molecular formula is C10H17N3. The van der Waals surface area contributed by atoms with E-state index in [0.717, 1.165) is 18.8 Å². The summed E-state index contributed by atoms with van der Waals surface area (Å²) in [5.41, 5.74) is 7.20. The molecular weight excluding hydrogens is 162 g/mol. The fourth-order valence-corrected chi connectivity index (χ4v) is 1.95. The van der Waals surface area contributed by atoms with E-state index in [0.29, 0.717) is 0 Å². The lowest BCUT2D eigenvalue weighted by atomic mass is 9.68. The third-order valence-electron chi connectivity index (χ3n) is 3.21. The highest BCUT2D eigenvalue weighted by Gasteiger charge is 2.39. The second-order valence-corrected chi connectivity index (χ2v) is 3.95. The van der Waals surface area contributed by atoms with E-state index in [4.69, 9.17) is 5.73 Å². The van der Waals surface area contributed by atoms with Crippen LogP contribution in [0.3, 0.4) is 0 Å². The molecule has 1 aliphatic rings. The molecule has 0 amide bonds. The largest absolute Gasteiger partial charge is 0.345 e. The number of imidazole rings is 1. The Kier molecular flexibility index (Phi) is 2.12. The van der Waals surface area contributed by atoms with Gasteiger partial charge in [-0.3, -0.25) is 0 Å². The van der Waals surface area contributed by atoms with Gasteiger partial charge in [0.25, 0.3) is 0 Å². The van der Waals surface area contributed by atoms with Gasteiger partial charge in [0.15, 0.2) is 0 Å². The van der Waals surface area contributed by atoms with Crippen molar-refractivity contribution in [2.24, 2.45) is 5.73 Å². The van der Waals surface area contributed by atoms with Gasteiger partial charge in [-0.1, -0.05) is 13.3 Å². The van der Waals surface area contributed by atoms with Crippen molar-refractivity contribution in [3.8, 4) is 0 Å². The Morgan fingerprint density at radius 1 is 1.62 bits per heavy atom. The van der Waals surface area contributed by atoms with E-state index < -0.39 is 0 Å². The van der Waals surface area contributed by atoms with Crippen LogP contribution in [0, 0.1) is 0 Å². The predicted molar refractivity (Wildman–Crippen MR) is 52.5 cm³/mol. The molecule has 1 fully saturated rings. The maximum Gasteiger partial charge on any atom is 0.113 e. The van der Waals surface area contributed by atoms with Crippen LogP contribution >= 0.6 is 0 Å². The standard InChI is InChI=1S/C10H17N3/c1-2-8-6-12-9(13-8)10(7-11)4-3-5-10/h6H,2-5,7,11H2,1H3,(H,12,13). The minimum absolute atomic E-state index is 0.188. The molecule has 72 valence electrons. The van der Waals surface area contributed by atoms with Gasteiger partial charge in [0.1, 0.15) is 5.82 Å². The Balaban J connectivity index is 2.23. The molecule has 3 heteroatoms. The summed E-state index contributed by atoms with van der Waals surface area (Å²) in [6.07, 6.45) is 6.64. The smallest absolute Gasteiger partial charge is 0.113 e. The summed E-state index contributed by atoms with van der Waals surface area (Å²) in [5.74, 6) is 1.11. The van der Waals surface area contributed by atoms with Gasteiger partial charge >= 0.3 is 0 Å². The average Bonchev–Trinajstić information content (AvgIpc) is 2.52. The highest BCUT2D eigenvalue weighted by atomic mass is 14.9. The average molecular weight is 179 g/mol. The van der Waals surface area contributed by atoms with Crippen LogP contribution in [-0.2, 0) is 11.8 Å². The van der Waals surface area contributed by atoms with Crippen molar-refractivity contribution >= 4 is 0 Å². The number of hydrogen-bond acceptors (Lipinski definition) is 2. The molecule has 0 unspecified atom stereocenters. The summed E-state index contributed by atoms with van der Waals surface area (Å²) >= 11 is 0. The van der Waals surface area contributed by atoms with Crippen LogP contribution < -0.4 is 5.73 Å². The van der Waals surface area contributed by atoms with Gasteiger partial charge in [0.2, 0.25) is 0 Å². The quantitative estimate of drug-likeness (QED) is 0.736. The van der Waals surface area contributed by atoms with Crippen molar-refractivity contribution in [2.75, 3.05) is 6.54 Å². The van der Waals surface area contributed by atoms with Gasteiger partial charge in [-0.25, -0.2) is 4.98 Å². The summed E-state index contributed by atoms with van der Waals surface area (Å²) in [6.45, 7) is 2.86. The molecule has 3 nitrogen and oxygen atoms in total. The van der Waals surface area contributed by atoms with Crippen molar-refractivity contribution < 1.29 is 0 Å². The summed E-state index contributed by atoms with van der Waals surface area (Å²) < 4.78 is 0. The fraction of sp³-hybridized carbons (Fsp3) is 0.700.